The van der Waals surface area contributed by atoms with Crippen LogP contribution >= 0.6 is 0 Å². The molecule has 1 atom stereocenters. The van der Waals surface area contributed by atoms with Crippen molar-refractivity contribution in [1.82, 2.24) is 20.2 Å². The van der Waals surface area contributed by atoms with Crippen LogP contribution in [-0.4, -0.2) is 39.3 Å². The minimum absolute atomic E-state index is 0.221. The second kappa shape index (κ2) is 5.62. The molecule has 0 saturated carbocycles. The summed E-state index contributed by atoms with van der Waals surface area (Å²) in [5, 5.41) is 8.39. The van der Waals surface area contributed by atoms with Crippen LogP contribution in [0.1, 0.15) is 18.5 Å². The molecule has 3 heterocycles. The van der Waals surface area contributed by atoms with E-state index in [4.69, 9.17) is 10.7 Å². The summed E-state index contributed by atoms with van der Waals surface area (Å²) < 4.78 is 0. The molecular weight excluding hydrogens is 288 g/mol. The smallest absolute Gasteiger partial charge is 0.147 e. The first-order valence-electron chi connectivity index (χ1n) is 7.98. The summed E-state index contributed by atoms with van der Waals surface area (Å²) in [6.07, 6.45) is 5.82. The maximum absolute atomic E-state index is 6.08. The minimum Gasteiger partial charge on any atom is -0.354 e. The number of aromatic nitrogens is 4. The highest BCUT2D eigenvalue weighted by atomic mass is 15.2. The van der Waals surface area contributed by atoms with Gasteiger partial charge < -0.3 is 10.6 Å². The third kappa shape index (κ3) is 2.66. The number of nitrogens with one attached hydrogen (secondary N) is 1. The zero-order valence-electron chi connectivity index (χ0n) is 13.2. The molecule has 6 heteroatoms. The molecule has 1 fully saturated rings. The average Bonchev–Trinajstić information content (AvgIpc) is 2.96. The Morgan fingerprint density at radius 2 is 2.22 bits per heavy atom. The first-order valence-corrected chi connectivity index (χ1v) is 7.98. The van der Waals surface area contributed by atoms with Crippen molar-refractivity contribution >= 4 is 16.7 Å². The van der Waals surface area contributed by atoms with Crippen molar-refractivity contribution < 1.29 is 0 Å². The molecule has 1 aromatic carbocycles. The quantitative estimate of drug-likeness (QED) is 0.758. The fourth-order valence-corrected chi connectivity index (χ4v) is 3.17. The second-order valence-electron chi connectivity index (χ2n) is 6.18. The van der Waals surface area contributed by atoms with Crippen LogP contribution in [0.3, 0.4) is 0 Å². The lowest BCUT2D eigenvalue weighted by Crippen LogP contribution is -2.43. The molecule has 118 valence electrons. The predicted molar refractivity (Wildman–Crippen MR) is 91.3 cm³/mol. The van der Waals surface area contributed by atoms with Crippen LogP contribution in [0.15, 0.2) is 30.6 Å². The van der Waals surface area contributed by atoms with Gasteiger partial charge in [-0.15, -0.1) is 0 Å². The monoisotopic (exact) mass is 308 g/mol. The Hall–Kier alpha value is -2.47. The van der Waals surface area contributed by atoms with Gasteiger partial charge in [0.05, 0.1) is 29.3 Å². The Balaban J connectivity index is 1.70. The fraction of sp³-hybridized carbons (Fsp3) is 0.353. The molecule has 1 aliphatic heterocycles. The van der Waals surface area contributed by atoms with Crippen LogP contribution in [0.5, 0.6) is 0 Å². The molecule has 3 aromatic rings. The van der Waals surface area contributed by atoms with Crippen LogP contribution in [0.2, 0.25) is 0 Å². The number of nitrogens with two attached hydrogens (primary N) is 1. The maximum Gasteiger partial charge on any atom is 0.147 e. The van der Waals surface area contributed by atoms with E-state index in [1.54, 1.807) is 0 Å². The number of aryl methyl sites for hydroxylation is 1. The number of nitrogens with zero attached hydrogens (tertiary/aromatic N) is 4. The lowest BCUT2D eigenvalue weighted by Gasteiger charge is -2.31. The highest BCUT2D eigenvalue weighted by molar-refractivity contribution is 5.85. The molecule has 0 aliphatic carbocycles. The zero-order chi connectivity index (χ0) is 15.8. The Labute approximate surface area is 134 Å². The van der Waals surface area contributed by atoms with E-state index < -0.39 is 0 Å². The summed E-state index contributed by atoms with van der Waals surface area (Å²) in [4.78, 5) is 11.4. The van der Waals surface area contributed by atoms with Crippen LogP contribution in [0.4, 0.5) is 5.82 Å². The number of piperidine rings is 1. The average molecular weight is 308 g/mol. The molecule has 0 radical (unpaired) electrons. The summed E-state index contributed by atoms with van der Waals surface area (Å²) in [6, 6.07) is 6.43. The lowest BCUT2D eigenvalue weighted by molar-refractivity contribution is 0.503. The van der Waals surface area contributed by atoms with Gasteiger partial charge in [-0.05, 0) is 31.9 Å². The van der Waals surface area contributed by atoms with Gasteiger partial charge in [0, 0.05) is 30.1 Å². The third-order valence-corrected chi connectivity index (χ3v) is 4.45. The van der Waals surface area contributed by atoms with Crippen LogP contribution in [0.25, 0.3) is 22.2 Å². The second-order valence-corrected chi connectivity index (χ2v) is 6.18. The lowest BCUT2D eigenvalue weighted by atomic mass is 10.1. The number of H-pyrrole nitrogens is 1. The van der Waals surface area contributed by atoms with E-state index in [1.807, 2.05) is 25.4 Å². The number of anilines is 1. The predicted octanol–water partition coefficient (Wildman–Crippen LogP) is 2.26. The molecule has 23 heavy (non-hydrogen) atoms. The summed E-state index contributed by atoms with van der Waals surface area (Å²) in [5.74, 6) is 0.904. The van der Waals surface area contributed by atoms with Gasteiger partial charge in [-0.1, -0.05) is 6.07 Å². The van der Waals surface area contributed by atoms with E-state index in [0.29, 0.717) is 0 Å². The molecule has 0 amide bonds. The Morgan fingerprint density at radius 3 is 3.09 bits per heavy atom. The van der Waals surface area contributed by atoms with E-state index in [2.05, 4.69) is 32.2 Å². The summed E-state index contributed by atoms with van der Waals surface area (Å²) in [7, 11) is 0. The highest BCUT2D eigenvalue weighted by Gasteiger charge is 2.18. The van der Waals surface area contributed by atoms with Crippen molar-refractivity contribution in [2.75, 3.05) is 18.0 Å². The van der Waals surface area contributed by atoms with E-state index in [9.17, 15) is 0 Å². The number of fused-ring (bicyclic) bond motifs is 1. The normalized spacial score (nSPS) is 18.5. The van der Waals surface area contributed by atoms with Crippen molar-refractivity contribution in [2.24, 2.45) is 5.73 Å². The van der Waals surface area contributed by atoms with E-state index in [1.165, 1.54) is 0 Å². The summed E-state index contributed by atoms with van der Waals surface area (Å²) >= 11 is 0. The number of benzene rings is 1. The molecule has 0 bridgehead atoms. The Bertz CT molecular complexity index is 840. The van der Waals surface area contributed by atoms with E-state index in [-0.39, 0.29) is 6.04 Å². The van der Waals surface area contributed by atoms with Crippen molar-refractivity contribution in [1.29, 1.82) is 0 Å². The van der Waals surface area contributed by atoms with Gasteiger partial charge in [-0.25, -0.2) is 4.98 Å². The molecule has 1 aliphatic rings. The zero-order valence-corrected chi connectivity index (χ0v) is 13.2. The van der Waals surface area contributed by atoms with E-state index in [0.717, 1.165) is 59.6 Å². The molecule has 4 rings (SSSR count). The topological polar surface area (TPSA) is 83.7 Å². The van der Waals surface area contributed by atoms with Crippen LogP contribution in [0, 0.1) is 6.92 Å². The van der Waals surface area contributed by atoms with Gasteiger partial charge in [0.2, 0.25) is 0 Å². The molecule has 1 saturated heterocycles. The minimum atomic E-state index is 0.221. The van der Waals surface area contributed by atoms with Gasteiger partial charge in [-0.3, -0.25) is 10.1 Å². The first kappa shape index (κ1) is 14.1. The molecule has 2 aromatic heterocycles. The SMILES string of the molecule is Cc1n[nH]c2ccc(-c3cncc(N4CCC[C@H](N)C4)n3)cc12. The van der Waals surface area contributed by atoms with Crippen molar-refractivity contribution in [3.8, 4) is 11.3 Å². The van der Waals surface area contributed by atoms with Crippen LogP contribution in [-0.2, 0) is 0 Å². The number of rotatable bonds is 2. The summed E-state index contributed by atoms with van der Waals surface area (Å²) in [6.45, 7) is 3.84. The van der Waals surface area contributed by atoms with Crippen molar-refractivity contribution in [3.05, 3.63) is 36.3 Å². The van der Waals surface area contributed by atoms with Crippen molar-refractivity contribution in [3.63, 3.8) is 0 Å². The third-order valence-electron chi connectivity index (χ3n) is 4.45. The van der Waals surface area contributed by atoms with Crippen LogP contribution < -0.4 is 10.6 Å². The fourth-order valence-electron chi connectivity index (χ4n) is 3.17. The Morgan fingerprint density at radius 1 is 1.30 bits per heavy atom. The number of hydrogen-bond donors (Lipinski definition) is 2. The standard InChI is InChI=1S/C17H20N6/c1-11-14-7-12(4-5-15(14)22-21-11)16-8-19-9-17(20-16)23-6-2-3-13(18)10-23/h4-5,7-9,13H,2-3,6,10,18H2,1H3,(H,21,22)/t13-/m0/s1. The largest absolute Gasteiger partial charge is 0.354 e. The highest BCUT2D eigenvalue weighted by Crippen LogP contribution is 2.25. The van der Waals surface area contributed by atoms with Crippen molar-refractivity contribution in [2.45, 2.75) is 25.8 Å². The molecule has 3 N–H and O–H groups in total. The molecule has 0 unspecified atom stereocenters. The molecule has 0 spiro atoms. The summed E-state index contributed by atoms with van der Waals surface area (Å²) in [5.41, 5.74) is 10.0. The number of hydrogen-bond acceptors (Lipinski definition) is 5. The van der Waals surface area contributed by atoms with Gasteiger partial charge in [0.25, 0.3) is 0 Å². The Kier molecular flexibility index (Phi) is 3.46. The number of aromatic amines is 1. The van der Waals surface area contributed by atoms with Gasteiger partial charge in [0.1, 0.15) is 5.82 Å². The van der Waals surface area contributed by atoms with Gasteiger partial charge in [-0.2, -0.15) is 5.10 Å². The van der Waals surface area contributed by atoms with Gasteiger partial charge in [0.15, 0.2) is 0 Å². The first-order chi connectivity index (χ1) is 11.2. The molecule has 6 nitrogen and oxygen atoms in total. The molecular formula is C17H20N6. The maximum atomic E-state index is 6.08. The van der Waals surface area contributed by atoms with E-state index >= 15 is 0 Å². The van der Waals surface area contributed by atoms with Gasteiger partial charge >= 0.3 is 0 Å².